The van der Waals surface area contributed by atoms with Crippen molar-refractivity contribution in [2.45, 2.75) is 75.3 Å². The van der Waals surface area contributed by atoms with Crippen LogP contribution in [0.5, 0.6) is 11.5 Å². The molecule has 48 heavy (non-hydrogen) atoms. The number of ether oxygens (including phenoxy) is 2. The van der Waals surface area contributed by atoms with Crippen LogP contribution in [0.2, 0.25) is 0 Å². The van der Waals surface area contributed by atoms with E-state index in [0.29, 0.717) is 25.3 Å². The summed E-state index contributed by atoms with van der Waals surface area (Å²) < 4.78 is 45.1. The normalized spacial score (nSPS) is 26.7. The number of fused-ring (bicyclic) bond motifs is 4. The van der Waals surface area contributed by atoms with E-state index in [2.05, 4.69) is 40.7 Å². The van der Waals surface area contributed by atoms with E-state index in [1.54, 1.807) is 6.07 Å². The van der Waals surface area contributed by atoms with Gasteiger partial charge in [-0.05, 0) is 103 Å². The molecule has 0 radical (unpaired) electrons. The Balaban J connectivity index is 1.24. The van der Waals surface area contributed by atoms with Gasteiger partial charge in [0.15, 0.2) is 17.6 Å². The zero-order valence-electron chi connectivity index (χ0n) is 27.0. The Bertz CT molecular complexity index is 2100. The second-order valence-electron chi connectivity index (χ2n) is 14.9. The minimum atomic E-state index is -0.656. The maximum absolute atomic E-state index is 14.0. The number of hydrogen-bond acceptors (Lipinski definition) is 4. The Morgan fingerprint density at radius 2 is 1.69 bits per heavy atom. The third-order valence-corrected chi connectivity index (χ3v) is 12.3. The predicted octanol–water partition coefficient (Wildman–Crippen LogP) is 7.91. The molecule has 1 N–H and O–H groups in total. The van der Waals surface area contributed by atoms with Crippen LogP contribution in [0.25, 0.3) is 10.9 Å². The van der Waals surface area contributed by atoms with Crippen LogP contribution in [-0.4, -0.2) is 39.3 Å². The first kappa shape index (κ1) is 28.8. The van der Waals surface area contributed by atoms with Gasteiger partial charge >= 0.3 is 0 Å². The molecule has 0 unspecified atom stereocenters. The summed E-state index contributed by atoms with van der Waals surface area (Å²) in [6.45, 7) is 5.08. The van der Waals surface area contributed by atoms with Gasteiger partial charge in [-0.25, -0.2) is 8.78 Å². The molecule has 2 aliphatic heterocycles. The molecule has 7 heteroatoms. The van der Waals surface area contributed by atoms with Crippen LogP contribution < -0.4 is 4.74 Å². The van der Waals surface area contributed by atoms with Crippen LogP contribution in [-0.2, 0) is 36.1 Å². The number of para-hydroxylation sites is 1. The summed E-state index contributed by atoms with van der Waals surface area (Å²) >= 11 is 0. The number of aromatic nitrogens is 1. The molecule has 4 atom stereocenters. The standard InChI is InChI=1S/C41H38F2N2O3/c1-24-3-2-4-31-32-20-41(47-23-27-9-14-30(43)15-10-27)34-19-28-11-16-33(46)38-35(28)40(41,17-18-44(34)21-25-5-6-25)39(48-38)37(32)45(36(24)31)22-26-7-12-29(42)13-8-26/h2-4,7-16,25,34,39,46H,5-6,17-23H2,1H3/t34-,39-,40-,41+/m0/s1. The molecule has 5 aliphatic rings. The van der Waals surface area contributed by atoms with Gasteiger partial charge in [0.25, 0.3) is 0 Å². The van der Waals surface area contributed by atoms with Crippen molar-refractivity contribution in [2.24, 2.45) is 5.92 Å². The Hall–Kier alpha value is -4.20. The second-order valence-corrected chi connectivity index (χ2v) is 14.9. The molecule has 5 aromatic rings. The highest BCUT2D eigenvalue weighted by Crippen LogP contribution is 2.70. The lowest BCUT2D eigenvalue weighted by molar-refractivity contribution is -0.211. The topological polar surface area (TPSA) is 46.9 Å². The number of phenols is 1. The first-order valence-corrected chi connectivity index (χ1v) is 17.4. The van der Waals surface area contributed by atoms with Crippen molar-refractivity contribution in [1.82, 2.24) is 9.47 Å². The highest BCUT2D eigenvalue weighted by molar-refractivity contribution is 5.90. The number of likely N-dealkylation sites (tertiary alicyclic amines) is 1. The number of phenolic OH excluding ortho intramolecular Hbond substituents is 1. The first-order valence-electron chi connectivity index (χ1n) is 17.4. The Morgan fingerprint density at radius 3 is 2.44 bits per heavy atom. The minimum Gasteiger partial charge on any atom is -0.504 e. The Labute approximate surface area is 278 Å². The van der Waals surface area contributed by atoms with E-state index < -0.39 is 17.1 Å². The smallest absolute Gasteiger partial charge is 0.166 e. The van der Waals surface area contributed by atoms with E-state index in [0.717, 1.165) is 59.8 Å². The summed E-state index contributed by atoms with van der Waals surface area (Å²) in [6, 6.07) is 24.0. The number of piperidine rings is 1. The molecule has 1 aromatic heterocycles. The lowest BCUT2D eigenvalue weighted by atomic mass is 9.48. The second kappa shape index (κ2) is 10.2. The maximum atomic E-state index is 14.0. The van der Waals surface area contributed by atoms with E-state index in [-0.39, 0.29) is 23.4 Å². The van der Waals surface area contributed by atoms with Crippen LogP contribution in [0, 0.1) is 24.5 Å². The van der Waals surface area contributed by atoms with E-state index in [1.165, 1.54) is 59.2 Å². The van der Waals surface area contributed by atoms with Crippen molar-refractivity contribution < 1.29 is 23.4 Å². The van der Waals surface area contributed by atoms with Crippen molar-refractivity contribution in [3.8, 4) is 11.5 Å². The summed E-state index contributed by atoms with van der Waals surface area (Å²) in [4.78, 5) is 2.70. The van der Waals surface area contributed by atoms with Crippen LogP contribution in [0.15, 0.2) is 78.9 Å². The number of hydrogen-bond donors (Lipinski definition) is 1. The molecule has 1 spiro atoms. The van der Waals surface area contributed by atoms with Gasteiger partial charge < -0.3 is 19.1 Å². The third-order valence-electron chi connectivity index (χ3n) is 12.3. The SMILES string of the molecule is Cc1cccc2c3c(n(Cc4ccc(F)cc4)c12)[C@@H]1Oc2c(O)ccc4c2[C@@]12CCN(CC1CC1)[C@@H](C4)[C@]2(OCc1ccc(F)cc1)C3. The fraction of sp³-hybridized carbons (Fsp3) is 0.366. The molecular formula is C41H38F2N2O3. The predicted molar refractivity (Wildman–Crippen MR) is 179 cm³/mol. The quantitative estimate of drug-likeness (QED) is 0.196. The summed E-state index contributed by atoms with van der Waals surface area (Å²) in [5.41, 5.74) is 7.77. The zero-order chi connectivity index (χ0) is 32.4. The number of halogens is 2. The Morgan fingerprint density at radius 1 is 0.938 bits per heavy atom. The fourth-order valence-corrected chi connectivity index (χ4v) is 10.1. The molecule has 244 valence electrons. The summed E-state index contributed by atoms with van der Waals surface area (Å²) in [7, 11) is 0. The van der Waals surface area contributed by atoms with Gasteiger partial charge in [0.05, 0.1) is 23.2 Å². The molecule has 2 bridgehead atoms. The van der Waals surface area contributed by atoms with Gasteiger partial charge in [0.2, 0.25) is 0 Å². The lowest BCUT2D eigenvalue weighted by Crippen LogP contribution is -2.75. The third kappa shape index (κ3) is 3.89. The van der Waals surface area contributed by atoms with Crippen LogP contribution in [0.3, 0.4) is 0 Å². The van der Waals surface area contributed by atoms with E-state index in [9.17, 15) is 13.9 Å². The average Bonchev–Trinajstić information content (AvgIpc) is 3.76. The number of benzene rings is 4. The average molecular weight is 645 g/mol. The van der Waals surface area contributed by atoms with Gasteiger partial charge in [0.1, 0.15) is 17.2 Å². The van der Waals surface area contributed by atoms with Gasteiger partial charge in [-0.2, -0.15) is 0 Å². The van der Waals surface area contributed by atoms with Crippen molar-refractivity contribution >= 4 is 10.9 Å². The van der Waals surface area contributed by atoms with Gasteiger partial charge in [0, 0.05) is 36.5 Å². The summed E-state index contributed by atoms with van der Waals surface area (Å²) in [5, 5.41) is 12.6. The van der Waals surface area contributed by atoms with E-state index >= 15 is 0 Å². The largest absolute Gasteiger partial charge is 0.504 e. The maximum Gasteiger partial charge on any atom is 0.166 e. The molecular weight excluding hydrogens is 606 g/mol. The molecule has 2 fully saturated rings. The molecule has 3 heterocycles. The van der Waals surface area contributed by atoms with Crippen molar-refractivity contribution in [3.05, 3.63) is 130 Å². The fourth-order valence-electron chi connectivity index (χ4n) is 10.1. The van der Waals surface area contributed by atoms with Crippen molar-refractivity contribution in [2.75, 3.05) is 13.1 Å². The van der Waals surface area contributed by atoms with Crippen LogP contribution in [0.4, 0.5) is 8.78 Å². The van der Waals surface area contributed by atoms with Gasteiger partial charge in [-0.15, -0.1) is 0 Å². The number of aromatic hydroxyl groups is 1. The molecule has 0 amide bonds. The molecule has 10 rings (SSSR count). The molecule has 1 saturated heterocycles. The van der Waals surface area contributed by atoms with Crippen molar-refractivity contribution in [1.29, 1.82) is 0 Å². The molecule has 3 aliphatic carbocycles. The number of nitrogens with zero attached hydrogens (tertiary/aromatic N) is 2. The first-order chi connectivity index (χ1) is 23.4. The Kier molecular flexibility index (Phi) is 6.09. The highest BCUT2D eigenvalue weighted by atomic mass is 19.1. The zero-order valence-corrected chi connectivity index (χ0v) is 27.0. The van der Waals surface area contributed by atoms with Gasteiger partial charge in [-0.3, -0.25) is 4.90 Å². The minimum absolute atomic E-state index is 0.106. The molecule has 4 aromatic carbocycles. The molecule has 1 saturated carbocycles. The lowest BCUT2D eigenvalue weighted by Gasteiger charge is -2.64. The highest BCUT2D eigenvalue weighted by Gasteiger charge is 2.74. The number of rotatable bonds is 7. The van der Waals surface area contributed by atoms with E-state index in [4.69, 9.17) is 9.47 Å². The summed E-state index contributed by atoms with van der Waals surface area (Å²) in [5.74, 6) is 0.970. The van der Waals surface area contributed by atoms with Crippen molar-refractivity contribution in [3.63, 3.8) is 0 Å². The van der Waals surface area contributed by atoms with Crippen LogP contribution in [0.1, 0.15) is 64.4 Å². The molecule has 5 nitrogen and oxygen atoms in total. The monoisotopic (exact) mass is 644 g/mol. The summed E-state index contributed by atoms with van der Waals surface area (Å²) in [6.07, 6.45) is 4.51. The number of aryl methyl sites for hydroxylation is 1. The van der Waals surface area contributed by atoms with Gasteiger partial charge in [-0.1, -0.05) is 48.5 Å². The van der Waals surface area contributed by atoms with Crippen LogP contribution >= 0.6 is 0 Å². The van der Waals surface area contributed by atoms with E-state index in [1.807, 2.05) is 24.3 Å².